The van der Waals surface area contributed by atoms with Gasteiger partial charge in [0, 0.05) is 12.6 Å². The van der Waals surface area contributed by atoms with Gasteiger partial charge in [-0.15, -0.1) is 0 Å². The number of thioether (sulfide) groups is 1. The lowest BCUT2D eigenvalue weighted by Gasteiger charge is -2.45. The molecule has 0 radical (unpaired) electrons. The third kappa shape index (κ3) is 2.77. The van der Waals surface area contributed by atoms with Gasteiger partial charge in [-0.05, 0) is 73.7 Å². The quantitative estimate of drug-likeness (QED) is 0.621. The topological polar surface area (TPSA) is 47.3 Å². The summed E-state index contributed by atoms with van der Waals surface area (Å²) in [5, 5.41) is 0. The zero-order valence-corrected chi connectivity index (χ0v) is 13.9. The maximum atomic E-state index is 6.27. The number of fused-ring (bicyclic) bond motifs is 1. The Kier molecular flexibility index (Phi) is 4.25. The molecule has 21 heavy (non-hydrogen) atoms. The Bertz CT molecular complexity index is 354. The van der Waals surface area contributed by atoms with E-state index >= 15 is 0 Å². The van der Waals surface area contributed by atoms with Gasteiger partial charge in [-0.3, -0.25) is 11.3 Å². The Labute approximate surface area is 133 Å². The summed E-state index contributed by atoms with van der Waals surface area (Å²) in [5.74, 6) is 12.2. The van der Waals surface area contributed by atoms with E-state index in [1.165, 1.54) is 62.9 Å². The monoisotopic (exact) mass is 310 g/mol. The van der Waals surface area contributed by atoms with E-state index in [4.69, 9.17) is 10.6 Å². The molecule has 4 rings (SSSR count). The fourth-order valence-electron chi connectivity index (χ4n) is 5.61. The first-order chi connectivity index (χ1) is 10.3. The zero-order chi connectivity index (χ0) is 14.3. The van der Waals surface area contributed by atoms with Gasteiger partial charge in [0.2, 0.25) is 0 Å². The predicted octanol–water partition coefficient (Wildman–Crippen LogP) is 2.95. The molecule has 1 spiro atoms. The van der Waals surface area contributed by atoms with E-state index in [1.807, 2.05) is 0 Å². The van der Waals surface area contributed by atoms with E-state index in [2.05, 4.69) is 17.2 Å². The summed E-state index contributed by atoms with van der Waals surface area (Å²) in [6.07, 6.45) is 10.8. The molecular weight excluding hydrogens is 280 g/mol. The van der Waals surface area contributed by atoms with Gasteiger partial charge in [0.15, 0.2) is 0 Å². The molecular formula is C17H30N2OS. The number of hydrogen-bond acceptors (Lipinski definition) is 4. The van der Waals surface area contributed by atoms with Crippen molar-refractivity contribution in [2.24, 2.45) is 29.5 Å². The molecule has 2 aliphatic heterocycles. The fraction of sp³-hybridized carbons (Fsp3) is 1.00. The van der Waals surface area contributed by atoms with Crippen LogP contribution in [0, 0.1) is 23.7 Å². The van der Waals surface area contributed by atoms with Crippen molar-refractivity contribution in [3.63, 3.8) is 0 Å². The molecule has 0 amide bonds. The average Bonchev–Trinajstić information content (AvgIpc) is 3.24. The van der Waals surface area contributed by atoms with E-state index in [0.717, 1.165) is 30.3 Å². The normalized spacial score (nSPS) is 43.3. The minimum absolute atomic E-state index is 0.198. The molecule has 0 bridgehead atoms. The van der Waals surface area contributed by atoms with Crippen molar-refractivity contribution >= 4 is 11.8 Å². The van der Waals surface area contributed by atoms with Crippen molar-refractivity contribution in [3.8, 4) is 0 Å². The van der Waals surface area contributed by atoms with Crippen molar-refractivity contribution in [1.82, 2.24) is 5.43 Å². The first-order valence-electron chi connectivity index (χ1n) is 9.01. The van der Waals surface area contributed by atoms with E-state index < -0.39 is 0 Å². The van der Waals surface area contributed by atoms with Crippen LogP contribution in [0.4, 0.5) is 0 Å². The molecule has 4 fully saturated rings. The third-order valence-corrected chi connectivity index (χ3v) is 7.76. The van der Waals surface area contributed by atoms with Gasteiger partial charge in [-0.25, -0.2) is 0 Å². The Morgan fingerprint density at radius 1 is 1.10 bits per heavy atom. The van der Waals surface area contributed by atoms with Crippen LogP contribution in [0.2, 0.25) is 0 Å². The number of nitrogens with one attached hydrogen (secondary N) is 1. The molecule has 2 saturated heterocycles. The number of nitrogens with two attached hydrogens (primary N) is 1. The van der Waals surface area contributed by atoms with E-state index in [1.54, 1.807) is 0 Å². The van der Waals surface area contributed by atoms with Crippen LogP contribution in [0.5, 0.6) is 0 Å². The summed E-state index contributed by atoms with van der Waals surface area (Å²) in [6.45, 7) is 0.954. The highest BCUT2D eigenvalue weighted by atomic mass is 32.2. The van der Waals surface area contributed by atoms with Crippen LogP contribution in [0.1, 0.15) is 51.4 Å². The number of ether oxygens (including phenoxy) is 1. The van der Waals surface area contributed by atoms with E-state index in [-0.39, 0.29) is 5.60 Å². The number of hydrogen-bond donors (Lipinski definition) is 2. The van der Waals surface area contributed by atoms with Crippen LogP contribution < -0.4 is 11.3 Å². The fourth-order valence-corrected chi connectivity index (χ4v) is 6.84. The van der Waals surface area contributed by atoms with Crippen LogP contribution in [-0.2, 0) is 4.74 Å². The summed E-state index contributed by atoms with van der Waals surface area (Å²) in [4.78, 5) is 0. The zero-order valence-electron chi connectivity index (χ0n) is 13.1. The molecule has 3 N–H and O–H groups in total. The molecule has 4 unspecified atom stereocenters. The largest absolute Gasteiger partial charge is 0.375 e. The summed E-state index contributed by atoms with van der Waals surface area (Å²) in [5.41, 5.74) is 3.45. The molecule has 0 aromatic rings. The second-order valence-electron chi connectivity index (χ2n) is 7.78. The van der Waals surface area contributed by atoms with Crippen LogP contribution in [0.25, 0.3) is 0 Å². The number of rotatable bonds is 3. The Hall–Kier alpha value is 0.230. The minimum Gasteiger partial charge on any atom is -0.375 e. The van der Waals surface area contributed by atoms with Gasteiger partial charge >= 0.3 is 0 Å². The molecule has 4 atom stereocenters. The molecule has 3 nitrogen and oxygen atoms in total. The smallest absolute Gasteiger partial charge is 0.0701 e. The third-order valence-electron chi connectivity index (χ3n) is 6.77. The average molecular weight is 311 g/mol. The van der Waals surface area contributed by atoms with Crippen molar-refractivity contribution < 1.29 is 4.74 Å². The molecule has 4 aliphatic rings. The Balaban J connectivity index is 1.44. The number of hydrazine groups is 1. The molecule has 0 aromatic heterocycles. The van der Waals surface area contributed by atoms with E-state index in [9.17, 15) is 0 Å². The van der Waals surface area contributed by atoms with Gasteiger partial charge in [-0.1, -0.05) is 12.8 Å². The lowest BCUT2D eigenvalue weighted by Crippen LogP contribution is -2.51. The summed E-state index contributed by atoms with van der Waals surface area (Å²) in [7, 11) is 0. The van der Waals surface area contributed by atoms with Crippen LogP contribution in [0.15, 0.2) is 0 Å². The first kappa shape index (κ1) is 14.8. The molecule has 4 heteroatoms. The second-order valence-corrected chi connectivity index (χ2v) is 9.00. The van der Waals surface area contributed by atoms with Crippen LogP contribution >= 0.6 is 11.8 Å². The second kappa shape index (κ2) is 6.03. The molecule has 2 aliphatic carbocycles. The van der Waals surface area contributed by atoms with Gasteiger partial charge in [0.1, 0.15) is 0 Å². The molecule has 0 aromatic carbocycles. The maximum absolute atomic E-state index is 6.27. The van der Waals surface area contributed by atoms with Crippen molar-refractivity contribution in [2.75, 3.05) is 18.1 Å². The van der Waals surface area contributed by atoms with Gasteiger partial charge in [-0.2, -0.15) is 11.8 Å². The lowest BCUT2D eigenvalue weighted by atomic mass is 9.77. The maximum Gasteiger partial charge on any atom is 0.0701 e. The molecule has 2 saturated carbocycles. The van der Waals surface area contributed by atoms with Gasteiger partial charge in [0.25, 0.3) is 0 Å². The van der Waals surface area contributed by atoms with Crippen molar-refractivity contribution in [1.29, 1.82) is 0 Å². The van der Waals surface area contributed by atoms with Gasteiger partial charge in [0.05, 0.1) is 5.60 Å². The molecule has 120 valence electrons. The van der Waals surface area contributed by atoms with Crippen LogP contribution in [0.3, 0.4) is 0 Å². The molecule has 2 heterocycles. The minimum atomic E-state index is 0.198. The summed E-state index contributed by atoms with van der Waals surface area (Å²) in [6, 6.07) is 0.549. The van der Waals surface area contributed by atoms with Crippen molar-refractivity contribution in [3.05, 3.63) is 0 Å². The van der Waals surface area contributed by atoms with Crippen LogP contribution in [-0.4, -0.2) is 29.8 Å². The highest BCUT2D eigenvalue weighted by Crippen LogP contribution is 2.59. The lowest BCUT2D eigenvalue weighted by molar-refractivity contribution is -0.108. The SMILES string of the molecule is NNC(C1CCOC2(CCSCC2)C1)C1C2CCCCC21. The van der Waals surface area contributed by atoms with Crippen molar-refractivity contribution in [2.45, 2.75) is 63.0 Å². The predicted molar refractivity (Wildman–Crippen MR) is 88.0 cm³/mol. The summed E-state index contributed by atoms with van der Waals surface area (Å²) >= 11 is 2.09. The van der Waals surface area contributed by atoms with Gasteiger partial charge < -0.3 is 4.74 Å². The van der Waals surface area contributed by atoms with E-state index in [0.29, 0.717) is 6.04 Å². The first-order valence-corrected chi connectivity index (χ1v) is 10.2. The standard InChI is InChI=1S/C17H30N2OS/c18-19-16(15-13-3-1-2-4-14(13)15)12-5-8-20-17(11-12)6-9-21-10-7-17/h12-16,19H,1-11,18H2. The highest BCUT2D eigenvalue weighted by Gasteiger charge is 2.56. The highest BCUT2D eigenvalue weighted by molar-refractivity contribution is 7.99. The Morgan fingerprint density at radius 2 is 1.81 bits per heavy atom. The summed E-state index contributed by atoms with van der Waals surface area (Å²) < 4.78 is 6.27. The Morgan fingerprint density at radius 3 is 2.48 bits per heavy atom.